The number of carbonyl (C=O) groups is 1. The van der Waals surface area contributed by atoms with Gasteiger partial charge in [-0.05, 0) is 44.2 Å². The molecule has 0 saturated carbocycles. The van der Waals surface area contributed by atoms with E-state index >= 15 is 0 Å². The quantitative estimate of drug-likeness (QED) is 0.140. The van der Waals surface area contributed by atoms with Crippen molar-refractivity contribution in [2.75, 3.05) is 12.4 Å². The predicted octanol–water partition coefficient (Wildman–Crippen LogP) is 6.23. The van der Waals surface area contributed by atoms with E-state index in [1.165, 1.54) is 33.1 Å². The number of halogens is 8. The second-order valence-corrected chi connectivity index (χ2v) is 9.26. The van der Waals surface area contributed by atoms with Gasteiger partial charge >= 0.3 is 6.18 Å². The number of hydrogen-bond acceptors (Lipinski definition) is 5. The molecular formula is C27H18F8N6O2. The zero-order chi connectivity index (χ0) is 31.4. The molecule has 0 fully saturated rings. The van der Waals surface area contributed by atoms with Gasteiger partial charge in [0.25, 0.3) is 5.91 Å². The number of nitrogens with zero attached hydrogens (tertiary/aromatic N) is 5. The summed E-state index contributed by atoms with van der Waals surface area (Å²) in [6.45, 7) is 1.84. The van der Waals surface area contributed by atoms with Gasteiger partial charge in [-0.3, -0.25) is 9.48 Å². The van der Waals surface area contributed by atoms with E-state index in [-0.39, 0.29) is 28.4 Å². The van der Waals surface area contributed by atoms with E-state index in [4.69, 9.17) is 4.74 Å². The average molecular weight is 610 g/mol. The Bertz CT molecular complexity index is 1870. The first-order valence-corrected chi connectivity index (χ1v) is 12.2. The number of methoxy groups -OCH3 is 1. The van der Waals surface area contributed by atoms with E-state index in [1.54, 1.807) is 12.1 Å². The van der Waals surface area contributed by atoms with Crippen LogP contribution in [0.1, 0.15) is 33.1 Å². The summed E-state index contributed by atoms with van der Waals surface area (Å²) in [4.78, 5) is 17.3. The Balaban J connectivity index is 1.48. The second kappa shape index (κ2) is 10.7. The molecule has 3 heterocycles. The van der Waals surface area contributed by atoms with Crippen molar-refractivity contribution in [2.24, 2.45) is 0 Å². The van der Waals surface area contributed by atoms with Gasteiger partial charge in [-0.25, -0.2) is 31.5 Å². The highest BCUT2D eigenvalue weighted by Crippen LogP contribution is 2.33. The lowest BCUT2D eigenvalue weighted by Crippen LogP contribution is -2.16. The van der Waals surface area contributed by atoms with Gasteiger partial charge in [0, 0.05) is 11.6 Å². The molecule has 5 rings (SSSR count). The van der Waals surface area contributed by atoms with Crippen molar-refractivity contribution in [1.29, 1.82) is 0 Å². The summed E-state index contributed by atoms with van der Waals surface area (Å²) >= 11 is 0. The third kappa shape index (κ3) is 5.23. The monoisotopic (exact) mass is 610 g/mol. The Morgan fingerprint density at radius 3 is 2.09 bits per heavy atom. The molecule has 5 aromatic rings. The third-order valence-corrected chi connectivity index (χ3v) is 6.56. The first-order chi connectivity index (χ1) is 20.2. The fraction of sp³-hybridized carbons (Fsp3) is 0.185. The topological polar surface area (TPSA) is 86.3 Å². The normalized spacial score (nSPS) is 11.8. The zero-order valence-electron chi connectivity index (χ0n) is 22.2. The molecule has 0 aliphatic carbocycles. The molecule has 0 aliphatic rings. The van der Waals surface area contributed by atoms with Crippen LogP contribution in [0.15, 0.2) is 36.4 Å². The van der Waals surface area contributed by atoms with E-state index in [0.717, 1.165) is 16.8 Å². The minimum absolute atomic E-state index is 0.0196. The maximum atomic E-state index is 14.2. The standard InChI is InChI=1S/C27H18F8N6O2/c1-11-25(12(2)40(38-11)10-15-20(28)22(30)24(32)23(31)21(15)29)37-26(42)17-9-19-36-16(13-4-6-14(43-3)7-5-13)8-18(27(33,34)35)41(19)39-17/h4-9H,10H2,1-3H3,(H,37,42). The van der Waals surface area contributed by atoms with Gasteiger partial charge in [-0.2, -0.15) is 23.4 Å². The van der Waals surface area contributed by atoms with Crippen LogP contribution in [-0.2, 0) is 12.7 Å². The number of aryl methyl sites for hydroxylation is 1. The first-order valence-electron chi connectivity index (χ1n) is 12.2. The Kier molecular flexibility index (Phi) is 7.31. The van der Waals surface area contributed by atoms with Crippen LogP contribution < -0.4 is 10.1 Å². The first kappa shape index (κ1) is 29.5. The number of aromatic nitrogens is 5. The van der Waals surface area contributed by atoms with Gasteiger partial charge in [0.1, 0.15) is 5.75 Å². The molecule has 0 radical (unpaired) electrons. The molecule has 0 atom stereocenters. The van der Waals surface area contributed by atoms with Crippen LogP contribution in [-0.4, -0.2) is 37.4 Å². The fourth-order valence-electron chi connectivity index (χ4n) is 4.35. The van der Waals surface area contributed by atoms with Crippen LogP contribution in [0.25, 0.3) is 16.9 Å². The molecular weight excluding hydrogens is 592 g/mol. The maximum absolute atomic E-state index is 14.2. The Morgan fingerprint density at radius 2 is 1.51 bits per heavy atom. The van der Waals surface area contributed by atoms with Crippen molar-refractivity contribution in [1.82, 2.24) is 24.4 Å². The molecule has 0 spiro atoms. The van der Waals surface area contributed by atoms with Crippen LogP contribution in [0.3, 0.4) is 0 Å². The van der Waals surface area contributed by atoms with Crippen molar-refractivity contribution in [2.45, 2.75) is 26.6 Å². The van der Waals surface area contributed by atoms with Crippen molar-refractivity contribution < 1.29 is 44.7 Å². The number of carbonyl (C=O) groups excluding carboxylic acids is 1. The number of hydrogen-bond donors (Lipinski definition) is 1. The summed E-state index contributed by atoms with van der Waals surface area (Å²) in [5.41, 5.74) is -2.71. The number of alkyl halides is 3. The summed E-state index contributed by atoms with van der Waals surface area (Å²) in [6.07, 6.45) is -4.87. The maximum Gasteiger partial charge on any atom is 0.433 e. The van der Waals surface area contributed by atoms with Gasteiger partial charge in [-0.1, -0.05) is 0 Å². The predicted molar refractivity (Wildman–Crippen MR) is 135 cm³/mol. The SMILES string of the molecule is COc1ccc(-c2cc(C(F)(F)F)n3nc(C(=O)Nc4c(C)nn(Cc5c(F)c(F)c(F)c(F)c5F)c4C)cc3n2)cc1. The van der Waals surface area contributed by atoms with Gasteiger partial charge in [0.15, 0.2) is 40.3 Å². The second-order valence-electron chi connectivity index (χ2n) is 9.26. The number of nitrogens with one attached hydrogen (secondary N) is 1. The number of benzene rings is 2. The van der Waals surface area contributed by atoms with Crippen LogP contribution in [0, 0.1) is 42.9 Å². The highest BCUT2D eigenvalue weighted by atomic mass is 19.4. The molecule has 43 heavy (non-hydrogen) atoms. The molecule has 0 unspecified atom stereocenters. The average Bonchev–Trinajstić information content (AvgIpc) is 3.52. The minimum atomic E-state index is -4.87. The Hall–Kier alpha value is -5.02. The van der Waals surface area contributed by atoms with Crippen molar-refractivity contribution in [3.8, 4) is 17.0 Å². The van der Waals surface area contributed by atoms with Gasteiger partial charge in [-0.15, -0.1) is 0 Å². The molecule has 0 saturated heterocycles. The lowest BCUT2D eigenvalue weighted by molar-refractivity contribution is -0.142. The Labute approximate surface area is 236 Å². The lowest BCUT2D eigenvalue weighted by atomic mass is 10.1. The molecule has 1 N–H and O–H groups in total. The van der Waals surface area contributed by atoms with E-state index in [9.17, 15) is 39.9 Å². The van der Waals surface area contributed by atoms with Gasteiger partial charge in [0.05, 0.1) is 42.0 Å². The molecule has 0 bridgehead atoms. The van der Waals surface area contributed by atoms with Crippen molar-refractivity contribution >= 4 is 17.2 Å². The minimum Gasteiger partial charge on any atom is -0.497 e. The fourth-order valence-corrected chi connectivity index (χ4v) is 4.35. The zero-order valence-corrected chi connectivity index (χ0v) is 22.2. The highest BCUT2D eigenvalue weighted by molar-refractivity contribution is 6.04. The van der Waals surface area contributed by atoms with E-state index in [1.807, 2.05) is 0 Å². The van der Waals surface area contributed by atoms with Crippen LogP contribution in [0.2, 0.25) is 0 Å². The summed E-state index contributed by atoms with van der Waals surface area (Å²) in [6, 6.07) is 7.92. The smallest absolute Gasteiger partial charge is 0.433 e. The largest absolute Gasteiger partial charge is 0.497 e. The number of anilines is 1. The molecule has 1 amide bonds. The molecule has 2 aromatic carbocycles. The number of amides is 1. The summed E-state index contributed by atoms with van der Waals surface area (Å²) in [7, 11) is 1.43. The highest BCUT2D eigenvalue weighted by Gasteiger charge is 2.36. The van der Waals surface area contributed by atoms with Crippen LogP contribution >= 0.6 is 0 Å². The van der Waals surface area contributed by atoms with Crippen molar-refractivity contribution in [3.05, 3.63) is 93.8 Å². The number of fused-ring (bicyclic) bond motifs is 1. The van der Waals surface area contributed by atoms with Crippen LogP contribution in [0.4, 0.5) is 40.8 Å². The Morgan fingerprint density at radius 1 is 0.907 bits per heavy atom. The lowest BCUT2D eigenvalue weighted by Gasteiger charge is -2.11. The third-order valence-electron chi connectivity index (χ3n) is 6.56. The summed E-state index contributed by atoms with van der Waals surface area (Å²) < 4.78 is 117. The number of ether oxygens (including phenoxy) is 1. The van der Waals surface area contributed by atoms with E-state index in [0.29, 0.717) is 15.8 Å². The molecule has 8 nitrogen and oxygen atoms in total. The van der Waals surface area contributed by atoms with Crippen molar-refractivity contribution in [3.63, 3.8) is 0 Å². The number of rotatable bonds is 6. The van der Waals surface area contributed by atoms with Gasteiger partial charge < -0.3 is 10.1 Å². The van der Waals surface area contributed by atoms with Gasteiger partial charge in [0.2, 0.25) is 5.82 Å². The molecule has 224 valence electrons. The molecule has 16 heteroatoms. The summed E-state index contributed by atoms with van der Waals surface area (Å²) in [5, 5.41) is 10.2. The summed E-state index contributed by atoms with van der Waals surface area (Å²) in [5.74, 6) is -11.2. The van der Waals surface area contributed by atoms with Crippen LogP contribution in [0.5, 0.6) is 5.75 Å². The molecule has 3 aromatic heterocycles. The van der Waals surface area contributed by atoms with E-state index in [2.05, 4.69) is 20.5 Å². The van der Waals surface area contributed by atoms with E-state index < -0.39 is 64.7 Å². The molecule has 0 aliphatic heterocycles.